The molecule has 0 spiro atoms. The molecule has 0 aliphatic carbocycles. The molecule has 0 radical (unpaired) electrons. The first-order chi connectivity index (χ1) is 14.7. The number of anilines is 1. The largest absolute Gasteiger partial charge is 0.494 e. The number of aromatic nitrogens is 1. The van der Waals surface area contributed by atoms with Gasteiger partial charge in [0.25, 0.3) is 0 Å². The van der Waals surface area contributed by atoms with E-state index < -0.39 is 0 Å². The second-order valence-corrected chi connectivity index (χ2v) is 6.83. The molecule has 0 saturated carbocycles. The molecule has 0 atom stereocenters. The second kappa shape index (κ2) is 8.50. The number of hydrogen-bond donors (Lipinski definition) is 1. The van der Waals surface area contributed by atoms with E-state index in [4.69, 9.17) is 10.5 Å². The van der Waals surface area contributed by atoms with Crippen molar-refractivity contribution < 1.29 is 4.74 Å². The summed E-state index contributed by atoms with van der Waals surface area (Å²) in [6.07, 6.45) is 0. The average molecular weight is 391 g/mol. The van der Waals surface area contributed by atoms with Crippen molar-refractivity contribution in [1.82, 2.24) is 4.98 Å². The topological polar surface area (TPSA) is 71.9 Å². The SMILES string of the molecule is CCOc1ccc(-c2cc(-c3ccc(-c4ccccc4)cc3)c(C#N)c(N)n2)cc1. The Morgan fingerprint density at radius 3 is 2.07 bits per heavy atom. The van der Waals surface area contributed by atoms with Gasteiger partial charge in [-0.05, 0) is 53.9 Å². The van der Waals surface area contributed by atoms with E-state index in [0.29, 0.717) is 12.2 Å². The Morgan fingerprint density at radius 2 is 1.43 bits per heavy atom. The lowest BCUT2D eigenvalue weighted by Crippen LogP contribution is -2.00. The fraction of sp³-hybridized carbons (Fsp3) is 0.0769. The van der Waals surface area contributed by atoms with Gasteiger partial charge in [0.2, 0.25) is 0 Å². The van der Waals surface area contributed by atoms with E-state index in [-0.39, 0.29) is 5.82 Å². The number of hydrogen-bond acceptors (Lipinski definition) is 4. The standard InChI is InChI=1S/C26H21N3O/c1-2-30-22-14-12-21(13-15-22)25-16-23(24(17-27)26(28)29-25)20-10-8-19(9-11-20)18-6-4-3-5-7-18/h3-16H,2H2,1H3,(H2,28,29). The van der Waals surface area contributed by atoms with Gasteiger partial charge in [-0.25, -0.2) is 4.98 Å². The normalized spacial score (nSPS) is 10.4. The molecular weight excluding hydrogens is 370 g/mol. The van der Waals surface area contributed by atoms with Crippen LogP contribution in [0.3, 0.4) is 0 Å². The number of nitriles is 1. The van der Waals surface area contributed by atoms with Crippen molar-refractivity contribution in [2.75, 3.05) is 12.3 Å². The van der Waals surface area contributed by atoms with E-state index in [9.17, 15) is 5.26 Å². The Kier molecular flexibility index (Phi) is 5.45. The Balaban J connectivity index is 1.75. The van der Waals surface area contributed by atoms with Crippen molar-refractivity contribution >= 4 is 5.82 Å². The smallest absolute Gasteiger partial charge is 0.142 e. The van der Waals surface area contributed by atoms with E-state index in [0.717, 1.165) is 39.3 Å². The number of nitrogen functional groups attached to an aromatic ring is 1. The van der Waals surface area contributed by atoms with Gasteiger partial charge in [-0.15, -0.1) is 0 Å². The minimum absolute atomic E-state index is 0.228. The number of nitrogens with two attached hydrogens (primary N) is 1. The highest BCUT2D eigenvalue weighted by molar-refractivity contribution is 5.81. The summed E-state index contributed by atoms with van der Waals surface area (Å²) in [5.41, 5.74) is 12.1. The Labute approximate surface area is 176 Å². The fourth-order valence-corrected chi connectivity index (χ4v) is 3.42. The van der Waals surface area contributed by atoms with Crippen LogP contribution in [0.2, 0.25) is 0 Å². The molecule has 1 heterocycles. The van der Waals surface area contributed by atoms with Crippen LogP contribution in [0.4, 0.5) is 5.82 Å². The van der Waals surface area contributed by atoms with E-state index in [1.54, 1.807) is 0 Å². The predicted octanol–water partition coefficient (Wildman–Crippen LogP) is 5.94. The Morgan fingerprint density at radius 1 is 0.833 bits per heavy atom. The summed E-state index contributed by atoms with van der Waals surface area (Å²) < 4.78 is 5.51. The predicted molar refractivity (Wildman–Crippen MR) is 121 cm³/mol. The average Bonchev–Trinajstić information content (AvgIpc) is 2.80. The van der Waals surface area contributed by atoms with Crippen LogP contribution in [0.5, 0.6) is 5.75 Å². The zero-order valence-electron chi connectivity index (χ0n) is 16.7. The number of nitrogens with zero attached hydrogens (tertiary/aromatic N) is 2. The summed E-state index contributed by atoms with van der Waals surface area (Å²) in [5, 5.41) is 9.66. The monoisotopic (exact) mass is 391 g/mol. The molecule has 4 nitrogen and oxygen atoms in total. The lowest BCUT2D eigenvalue weighted by molar-refractivity contribution is 0.340. The lowest BCUT2D eigenvalue weighted by atomic mass is 9.96. The molecular formula is C26H21N3O. The molecule has 0 saturated heterocycles. The molecule has 4 aromatic rings. The van der Waals surface area contributed by atoms with Gasteiger partial charge in [0.05, 0.1) is 12.3 Å². The van der Waals surface area contributed by atoms with Crippen molar-refractivity contribution in [1.29, 1.82) is 5.26 Å². The van der Waals surface area contributed by atoms with Gasteiger partial charge in [-0.1, -0.05) is 54.6 Å². The second-order valence-electron chi connectivity index (χ2n) is 6.83. The third kappa shape index (κ3) is 3.87. The van der Waals surface area contributed by atoms with Gasteiger partial charge in [-0.3, -0.25) is 0 Å². The van der Waals surface area contributed by atoms with Crippen LogP contribution < -0.4 is 10.5 Å². The highest BCUT2D eigenvalue weighted by Gasteiger charge is 2.14. The van der Waals surface area contributed by atoms with Crippen LogP contribution in [0, 0.1) is 11.3 Å². The van der Waals surface area contributed by atoms with Crippen LogP contribution in [0.25, 0.3) is 33.5 Å². The molecule has 0 amide bonds. The van der Waals surface area contributed by atoms with Crippen molar-refractivity contribution in [2.45, 2.75) is 6.92 Å². The van der Waals surface area contributed by atoms with Crippen LogP contribution in [0.1, 0.15) is 12.5 Å². The fourth-order valence-electron chi connectivity index (χ4n) is 3.42. The molecule has 4 heteroatoms. The van der Waals surface area contributed by atoms with Crippen LogP contribution in [0.15, 0.2) is 84.9 Å². The van der Waals surface area contributed by atoms with Gasteiger partial charge in [0.15, 0.2) is 0 Å². The zero-order valence-corrected chi connectivity index (χ0v) is 16.7. The molecule has 0 fully saturated rings. The van der Waals surface area contributed by atoms with Gasteiger partial charge < -0.3 is 10.5 Å². The van der Waals surface area contributed by atoms with Gasteiger partial charge in [0.1, 0.15) is 23.2 Å². The summed E-state index contributed by atoms with van der Waals surface area (Å²) in [7, 11) is 0. The minimum Gasteiger partial charge on any atom is -0.494 e. The maximum atomic E-state index is 9.66. The van der Waals surface area contributed by atoms with E-state index in [1.165, 1.54) is 0 Å². The van der Waals surface area contributed by atoms with Gasteiger partial charge >= 0.3 is 0 Å². The molecule has 3 aromatic carbocycles. The van der Waals surface area contributed by atoms with E-state index >= 15 is 0 Å². The third-order valence-corrected chi connectivity index (χ3v) is 4.92. The summed E-state index contributed by atoms with van der Waals surface area (Å²) in [6, 6.07) is 30.1. The maximum absolute atomic E-state index is 9.66. The van der Waals surface area contributed by atoms with Gasteiger partial charge in [0, 0.05) is 11.1 Å². The molecule has 0 aliphatic rings. The first-order valence-corrected chi connectivity index (χ1v) is 9.79. The molecule has 30 heavy (non-hydrogen) atoms. The summed E-state index contributed by atoms with van der Waals surface area (Å²) in [6.45, 7) is 2.57. The first kappa shape index (κ1) is 19.2. The Hall–Kier alpha value is -4.10. The highest BCUT2D eigenvalue weighted by atomic mass is 16.5. The quantitative estimate of drug-likeness (QED) is 0.457. The molecule has 1 aromatic heterocycles. The summed E-state index contributed by atoms with van der Waals surface area (Å²) in [4.78, 5) is 4.46. The molecule has 4 rings (SSSR count). The minimum atomic E-state index is 0.228. The number of benzene rings is 3. The summed E-state index contributed by atoms with van der Waals surface area (Å²) >= 11 is 0. The lowest BCUT2D eigenvalue weighted by Gasteiger charge is -2.11. The Bertz CT molecular complexity index is 1190. The van der Waals surface area contributed by atoms with Crippen molar-refractivity contribution in [3.63, 3.8) is 0 Å². The van der Waals surface area contributed by atoms with Crippen molar-refractivity contribution in [3.05, 3.63) is 90.5 Å². The first-order valence-electron chi connectivity index (χ1n) is 9.79. The summed E-state index contributed by atoms with van der Waals surface area (Å²) in [5.74, 6) is 1.03. The molecule has 0 bridgehead atoms. The molecule has 2 N–H and O–H groups in total. The maximum Gasteiger partial charge on any atom is 0.142 e. The van der Waals surface area contributed by atoms with Gasteiger partial charge in [-0.2, -0.15) is 5.26 Å². The highest BCUT2D eigenvalue weighted by Crippen LogP contribution is 2.33. The van der Waals surface area contributed by atoms with Crippen LogP contribution in [-0.2, 0) is 0 Å². The zero-order chi connectivity index (χ0) is 20.9. The van der Waals surface area contributed by atoms with Crippen LogP contribution >= 0.6 is 0 Å². The molecule has 0 aliphatic heterocycles. The molecule has 0 unspecified atom stereocenters. The number of pyridine rings is 1. The third-order valence-electron chi connectivity index (χ3n) is 4.92. The molecule has 146 valence electrons. The van der Waals surface area contributed by atoms with E-state index in [1.807, 2.05) is 67.6 Å². The van der Waals surface area contributed by atoms with E-state index in [2.05, 4.69) is 35.3 Å². The number of ether oxygens (including phenoxy) is 1. The van der Waals surface area contributed by atoms with Crippen molar-refractivity contribution in [3.8, 4) is 45.3 Å². The van der Waals surface area contributed by atoms with Crippen LogP contribution in [-0.4, -0.2) is 11.6 Å². The van der Waals surface area contributed by atoms with Crippen molar-refractivity contribution in [2.24, 2.45) is 0 Å². The number of rotatable bonds is 5.